The Morgan fingerprint density at radius 1 is 1.53 bits per heavy atom. The second-order valence-electron chi connectivity index (χ2n) is 3.82. The monoisotopic (exact) mass is 269 g/mol. The van der Waals surface area contributed by atoms with E-state index in [2.05, 4.69) is 20.9 Å². The number of hydrogen-bond acceptors (Lipinski definition) is 2. The van der Waals surface area contributed by atoms with Crippen LogP contribution in [0.2, 0.25) is 0 Å². The molecule has 1 aliphatic carbocycles. The Bertz CT molecular complexity index is 462. The van der Waals surface area contributed by atoms with Crippen molar-refractivity contribution in [1.29, 1.82) is 0 Å². The first-order valence-electron chi connectivity index (χ1n) is 4.64. The summed E-state index contributed by atoms with van der Waals surface area (Å²) in [6.45, 7) is 1.82. The van der Waals surface area contributed by atoms with Gasteiger partial charge in [0.15, 0.2) is 0 Å². The highest BCUT2D eigenvalue weighted by Crippen LogP contribution is 2.50. The number of isocyanates is 1. The molecule has 0 radical (unpaired) electrons. The Labute approximate surface area is 95.3 Å². The van der Waals surface area contributed by atoms with E-state index in [1.807, 2.05) is 6.92 Å². The second-order valence-corrected chi connectivity index (χ2v) is 4.67. The molecule has 0 saturated heterocycles. The van der Waals surface area contributed by atoms with Crippen LogP contribution in [-0.2, 0) is 10.3 Å². The minimum atomic E-state index is -0.637. The summed E-state index contributed by atoms with van der Waals surface area (Å²) in [5.41, 5.74) is 0.688. The first-order chi connectivity index (χ1) is 7.09. The number of hydrogen-bond donors (Lipinski definition) is 0. The molecule has 0 heterocycles. The number of aliphatic imine (C=N–C) groups is 1. The third-order valence-corrected chi connectivity index (χ3v) is 3.59. The van der Waals surface area contributed by atoms with Gasteiger partial charge in [-0.2, -0.15) is 4.99 Å². The van der Waals surface area contributed by atoms with Crippen LogP contribution in [0.15, 0.2) is 21.6 Å². The molecule has 0 unspecified atom stereocenters. The molecule has 1 aromatic carbocycles. The highest BCUT2D eigenvalue weighted by molar-refractivity contribution is 9.10. The Hall–Kier alpha value is -0.990. The molecular formula is C11H9BrFNO. The number of benzene rings is 1. The molecule has 1 fully saturated rings. The fourth-order valence-electron chi connectivity index (χ4n) is 1.65. The lowest BCUT2D eigenvalue weighted by atomic mass is 10.0. The summed E-state index contributed by atoms with van der Waals surface area (Å²) >= 11 is 3.34. The highest BCUT2D eigenvalue weighted by atomic mass is 79.9. The van der Waals surface area contributed by atoms with Gasteiger partial charge in [0.1, 0.15) is 11.4 Å². The van der Waals surface area contributed by atoms with Crippen LogP contribution in [0.25, 0.3) is 0 Å². The van der Waals surface area contributed by atoms with Gasteiger partial charge in [-0.05, 0) is 37.5 Å². The minimum Gasteiger partial charge on any atom is -0.211 e. The zero-order valence-electron chi connectivity index (χ0n) is 8.18. The van der Waals surface area contributed by atoms with Gasteiger partial charge in [-0.15, -0.1) is 0 Å². The zero-order valence-corrected chi connectivity index (χ0v) is 9.77. The average molecular weight is 270 g/mol. The van der Waals surface area contributed by atoms with E-state index >= 15 is 0 Å². The molecule has 0 N–H and O–H groups in total. The predicted octanol–water partition coefficient (Wildman–Crippen LogP) is 3.22. The molecule has 2 rings (SSSR count). The molecule has 4 heteroatoms. The zero-order chi connectivity index (χ0) is 11.1. The maximum Gasteiger partial charge on any atom is 0.235 e. The van der Waals surface area contributed by atoms with E-state index in [0.717, 1.165) is 10.0 Å². The van der Waals surface area contributed by atoms with Gasteiger partial charge in [-0.3, -0.25) is 0 Å². The fourth-order valence-corrected chi connectivity index (χ4v) is 1.99. The molecule has 0 aliphatic heterocycles. The number of nitrogens with zero attached hydrogens (tertiary/aromatic N) is 1. The molecule has 1 aliphatic rings. The van der Waals surface area contributed by atoms with Crippen LogP contribution in [0, 0.1) is 12.7 Å². The molecule has 1 aromatic rings. The number of halogens is 2. The van der Waals surface area contributed by atoms with Crippen molar-refractivity contribution >= 4 is 22.0 Å². The minimum absolute atomic E-state index is 0.299. The van der Waals surface area contributed by atoms with Crippen LogP contribution >= 0.6 is 15.9 Å². The van der Waals surface area contributed by atoms with Crippen LogP contribution in [0.1, 0.15) is 24.0 Å². The average Bonchev–Trinajstić information content (AvgIpc) is 2.93. The normalized spacial score (nSPS) is 17.0. The number of rotatable bonds is 2. The summed E-state index contributed by atoms with van der Waals surface area (Å²) < 4.78 is 14.5. The molecular weight excluding hydrogens is 261 g/mol. The van der Waals surface area contributed by atoms with Gasteiger partial charge in [0.2, 0.25) is 6.08 Å². The molecule has 0 amide bonds. The Kier molecular flexibility index (Phi) is 2.49. The van der Waals surface area contributed by atoms with Crippen LogP contribution < -0.4 is 0 Å². The maximum absolute atomic E-state index is 13.7. The van der Waals surface area contributed by atoms with E-state index < -0.39 is 5.54 Å². The third kappa shape index (κ3) is 1.75. The van der Waals surface area contributed by atoms with Gasteiger partial charge in [-0.25, -0.2) is 9.18 Å². The van der Waals surface area contributed by atoms with Crippen LogP contribution in [0.3, 0.4) is 0 Å². The molecule has 78 valence electrons. The summed E-state index contributed by atoms with van der Waals surface area (Å²) in [6.07, 6.45) is 2.96. The lowest BCUT2D eigenvalue weighted by Gasteiger charge is -2.11. The smallest absolute Gasteiger partial charge is 0.211 e. The van der Waals surface area contributed by atoms with Gasteiger partial charge < -0.3 is 0 Å². The van der Waals surface area contributed by atoms with Gasteiger partial charge >= 0.3 is 0 Å². The van der Waals surface area contributed by atoms with E-state index in [4.69, 9.17) is 0 Å². The van der Waals surface area contributed by atoms with E-state index in [1.165, 1.54) is 12.1 Å². The Morgan fingerprint density at radius 3 is 2.73 bits per heavy atom. The van der Waals surface area contributed by atoms with Crippen molar-refractivity contribution in [2.24, 2.45) is 4.99 Å². The largest absolute Gasteiger partial charge is 0.235 e. The quantitative estimate of drug-likeness (QED) is 0.599. The summed E-state index contributed by atoms with van der Waals surface area (Å²) in [7, 11) is 0. The van der Waals surface area contributed by atoms with E-state index in [0.29, 0.717) is 18.4 Å². The fraction of sp³-hybridized carbons (Fsp3) is 0.364. The van der Waals surface area contributed by atoms with Gasteiger partial charge in [0.05, 0.1) is 0 Å². The van der Waals surface area contributed by atoms with Crippen LogP contribution in [0.4, 0.5) is 4.39 Å². The van der Waals surface area contributed by atoms with Crippen LogP contribution in [0.5, 0.6) is 0 Å². The van der Waals surface area contributed by atoms with E-state index in [-0.39, 0.29) is 5.82 Å². The topological polar surface area (TPSA) is 29.4 Å². The summed E-state index contributed by atoms with van der Waals surface area (Å²) in [6, 6.07) is 3.16. The van der Waals surface area contributed by atoms with Crippen molar-refractivity contribution < 1.29 is 9.18 Å². The summed E-state index contributed by atoms with van der Waals surface area (Å²) in [4.78, 5) is 14.0. The highest BCUT2D eigenvalue weighted by Gasteiger charge is 2.46. The van der Waals surface area contributed by atoms with Crippen molar-refractivity contribution in [3.8, 4) is 0 Å². The predicted molar refractivity (Wildman–Crippen MR) is 57.9 cm³/mol. The van der Waals surface area contributed by atoms with Gasteiger partial charge in [0.25, 0.3) is 0 Å². The number of carbonyl (C=O) groups excluding carboxylic acids is 1. The first kappa shape index (κ1) is 10.5. The molecule has 2 nitrogen and oxygen atoms in total. The van der Waals surface area contributed by atoms with E-state index in [9.17, 15) is 9.18 Å². The molecule has 0 spiro atoms. The first-order valence-corrected chi connectivity index (χ1v) is 5.43. The molecule has 15 heavy (non-hydrogen) atoms. The number of aryl methyl sites for hydroxylation is 1. The molecule has 1 saturated carbocycles. The molecule has 0 atom stereocenters. The lowest BCUT2D eigenvalue weighted by molar-refractivity contribution is 0.547. The van der Waals surface area contributed by atoms with Crippen molar-refractivity contribution in [1.82, 2.24) is 0 Å². The maximum atomic E-state index is 13.7. The summed E-state index contributed by atoms with van der Waals surface area (Å²) in [5.74, 6) is -0.299. The third-order valence-electron chi connectivity index (χ3n) is 2.73. The van der Waals surface area contributed by atoms with Gasteiger partial charge in [-0.1, -0.05) is 15.9 Å². The van der Waals surface area contributed by atoms with Crippen LogP contribution in [-0.4, -0.2) is 6.08 Å². The lowest BCUT2D eigenvalue weighted by Crippen LogP contribution is -2.06. The van der Waals surface area contributed by atoms with Gasteiger partial charge in [0, 0.05) is 10.0 Å². The van der Waals surface area contributed by atoms with Crippen molar-refractivity contribution in [3.05, 3.63) is 33.5 Å². The molecule has 0 aromatic heterocycles. The molecule has 0 bridgehead atoms. The van der Waals surface area contributed by atoms with Crippen molar-refractivity contribution in [3.63, 3.8) is 0 Å². The van der Waals surface area contributed by atoms with E-state index in [1.54, 1.807) is 6.07 Å². The Balaban J connectivity index is 2.54. The standard InChI is InChI=1S/C11H9BrFNO/c1-7-4-10(13)8(5-9(7)12)11(2-3-11)14-6-15/h4-5H,2-3H2,1H3. The summed E-state index contributed by atoms with van der Waals surface area (Å²) in [5, 5.41) is 0. The SMILES string of the molecule is Cc1cc(F)c(C2(N=C=O)CC2)cc1Br. The Morgan fingerprint density at radius 2 is 2.20 bits per heavy atom. The van der Waals surface area contributed by atoms with Crippen molar-refractivity contribution in [2.75, 3.05) is 0 Å². The van der Waals surface area contributed by atoms with Crippen molar-refractivity contribution in [2.45, 2.75) is 25.3 Å². The second kappa shape index (κ2) is 3.54.